The Hall–Kier alpha value is -2.90. The summed E-state index contributed by atoms with van der Waals surface area (Å²) in [7, 11) is 0. The summed E-state index contributed by atoms with van der Waals surface area (Å²) in [5.74, 6) is 0.940. The molecule has 2 fully saturated rings. The number of aryl methyl sites for hydroxylation is 1. The standard InChI is InChI=1S/C25H30N4O3/c1-19-8-10-20(11-9-19)29-22-7-5-3-2-4-6-21(22)24(26-29)28-14-17-32-18-23(28)25(30)27-12-15-31-16-13-27/h2,4,6-11,23H,3,5,12-18H2,1H3. The van der Waals surface area contributed by atoms with E-state index in [1.165, 1.54) is 5.56 Å². The molecule has 1 unspecified atom stereocenters. The van der Waals surface area contributed by atoms with Gasteiger partial charge in [0.2, 0.25) is 5.91 Å². The van der Waals surface area contributed by atoms with E-state index in [1.54, 1.807) is 0 Å². The average Bonchev–Trinajstić information content (AvgIpc) is 3.16. The Kier molecular flexibility index (Phi) is 6.10. The molecule has 1 aromatic heterocycles. The average molecular weight is 435 g/mol. The second kappa shape index (κ2) is 9.30. The molecule has 2 aliphatic heterocycles. The van der Waals surface area contributed by atoms with Gasteiger partial charge in [-0.25, -0.2) is 4.68 Å². The van der Waals surface area contributed by atoms with Gasteiger partial charge in [-0.05, 0) is 38.0 Å². The molecule has 1 aromatic carbocycles. The second-order valence-corrected chi connectivity index (χ2v) is 8.47. The number of hydrogen-bond donors (Lipinski definition) is 0. The monoisotopic (exact) mass is 434 g/mol. The molecule has 1 amide bonds. The van der Waals surface area contributed by atoms with E-state index in [9.17, 15) is 4.79 Å². The molecule has 1 atom stereocenters. The molecule has 0 bridgehead atoms. The minimum Gasteiger partial charge on any atom is -0.378 e. The van der Waals surface area contributed by atoms with E-state index in [0.29, 0.717) is 46.1 Å². The molecule has 0 spiro atoms. The van der Waals surface area contributed by atoms with Crippen molar-refractivity contribution in [3.63, 3.8) is 0 Å². The lowest BCUT2D eigenvalue weighted by Crippen LogP contribution is -2.58. The van der Waals surface area contributed by atoms with Crippen LogP contribution < -0.4 is 15.5 Å². The molecule has 0 N–H and O–H groups in total. The summed E-state index contributed by atoms with van der Waals surface area (Å²) in [5, 5.41) is 7.21. The van der Waals surface area contributed by atoms with Crippen molar-refractivity contribution in [3.8, 4) is 5.69 Å². The van der Waals surface area contributed by atoms with Crippen LogP contribution in [0.3, 0.4) is 0 Å². The molecule has 2 saturated heterocycles. The minimum atomic E-state index is -0.380. The summed E-state index contributed by atoms with van der Waals surface area (Å²) < 4.78 is 13.2. The van der Waals surface area contributed by atoms with E-state index in [2.05, 4.69) is 60.4 Å². The zero-order chi connectivity index (χ0) is 21.9. The topological polar surface area (TPSA) is 59.8 Å². The lowest BCUT2D eigenvalue weighted by molar-refractivity contribution is -0.139. The van der Waals surface area contributed by atoms with Gasteiger partial charge in [0, 0.05) is 24.9 Å². The zero-order valence-corrected chi connectivity index (χ0v) is 18.6. The summed E-state index contributed by atoms with van der Waals surface area (Å²) in [6.07, 6.45) is 10.6. The number of benzene rings is 1. The van der Waals surface area contributed by atoms with Gasteiger partial charge in [-0.1, -0.05) is 35.9 Å². The highest BCUT2D eigenvalue weighted by molar-refractivity contribution is 5.85. The molecule has 3 heterocycles. The van der Waals surface area contributed by atoms with Crippen LogP contribution in [0.2, 0.25) is 0 Å². The minimum absolute atomic E-state index is 0.0944. The molecule has 5 rings (SSSR count). The Labute approximate surface area is 188 Å². The highest BCUT2D eigenvalue weighted by atomic mass is 16.5. The lowest BCUT2D eigenvalue weighted by Gasteiger charge is -2.38. The normalized spacial score (nSPS) is 21.2. The van der Waals surface area contributed by atoms with Crippen molar-refractivity contribution < 1.29 is 14.3 Å². The van der Waals surface area contributed by atoms with E-state index in [1.807, 2.05) is 9.58 Å². The molecule has 1 aliphatic carbocycles. The molecule has 3 aliphatic rings. The second-order valence-electron chi connectivity index (χ2n) is 8.47. The van der Waals surface area contributed by atoms with Crippen molar-refractivity contribution in [1.82, 2.24) is 14.7 Å². The van der Waals surface area contributed by atoms with Gasteiger partial charge in [0.1, 0.15) is 6.04 Å². The third kappa shape index (κ3) is 4.10. The Morgan fingerprint density at radius 1 is 1.03 bits per heavy atom. The van der Waals surface area contributed by atoms with Crippen LogP contribution in [0.5, 0.6) is 0 Å². The first-order valence-corrected chi connectivity index (χ1v) is 11.5. The SMILES string of the molecule is Cc1ccc(-n2nc(N3CCOCC3C(=O)N3CCOCC3)c3c2=CCCC=CC=3)cc1. The molecule has 7 nitrogen and oxygen atoms in total. The maximum absolute atomic E-state index is 13.4. The molecule has 32 heavy (non-hydrogen) atoms. The summed E-state index contributed by atoms with van der Waals surface area (Å²) >= 11 is 0. The van der Waals surface area contributed by atoms with Gasteiger partial charge in [-0.15, -0.1) is 5.10 Å². The van der Waals surface area contributed by atoms with Gasteiger partial charge in [-0.2, -0.15) is 0 Å². The Bertz CT molecular complexity index is 1110. The van der Waals surface area contributed by atoms with Gasteiger partial charge >= 0.3 is 0 Å². The molecule has 7 heteroatoms. The number of morpholine rings is 2. The Morgan fingerprint density at radius 2 is 1.81 bits per heavy atom. The van der Waals surface area contributed by atoms with Crippen LogP contribution in [0.1, 0.15) is 18.4 Å². The van der Waals surface area contributed by atoms with Gasteiger partial charge in [0.05, 0.1) is 37.5 Å². The summed E-state index contributed by atoms with van der Waals surface area (Å²) in [6.45, 7) is 6.11. The van der Waals surface area contributed by atoms with E-state index in [0.717, 1.165) is 34.9 Å². The maximum atomic E-state index is 13.4. The van der Waals surface area contributed by atoms with Gasteiger partial charge < -0.3 is 19.3 Å². The van der Waals surface area contributed by atoms with Crippen LogP contribution in [-0.4, -0.2) is 72.7 Å². The predicted octanol–water partition coefficient (Wildman–Crippen LogP) is 1.16. The number of anilines is 1. The van der Waals surface area contributed by atoms with E-state index in [4.69, 9.17) is 14.6 Å². The molecular formula is C25H30N4O3. The number of nitrogens with zero attached hydrogens (tertiary/aromatic N) is 4. The largest absolute Gasteiger partial charge is 0.378 e. The smallest absolute Gasteiger partial charge is 0.247 e. The Balaban J connectivity index is 1.60. The number of allylic oxidation sites excluding steroid dienone is 2. The van der Waals surface area contributed by atoms with Crippen LogP contribution in [0.15, 0.2) is 36.4 Å². The van der Waals surface area contributed by atoms with Crippen molar-refractivity contribution in [2.45, 2.75) is 25.8 Å². The zero-order valence-electron chi connectivity index (χ0n) is 18.6. The Morgan fingerprint density at radius 3 is 2.62 bits per heavy atom. The number of fused-ring (bicyclic) bond motifs is 1. The maximum Gasteiger partial charge on any atom is 0.247 e. The predicted molar refractivity (Wildman–Crippen MR) is 124 cm³/mol. The molecular weight excluding hydrogens is 404 g/mol. The van der Waals surface area contributed by atoms with Gasteiger partial charge in [0.15, 0.2) is 5.82 Å². The summed E-state index contributed by atoms with van der Waals surface area (Å²) in [5.41, 5.74) is 2.24. The fourth-order valence-electron chi connectivity index (χ4n) is 4.52. The molecule has 2 aromatic rings. The number of ether oxygens (including phenoxy) is 2. The first kappa shape index (κ1) is 21.0. The highest BCUT2D eigenvalue weighted by Crippen LogP contribution is 2.18. The highest BCUT2D eigenvalue weighted by Gasteiger charge is 2.35. The number of aromatic nitrogens is 2. The molecule has 0 radical (unpaired) electrons. The van der Waals surface area contributed by atoms with E-state index in [-0.39, 0.29) is 11.9 Å². The van der Waals surface area contributed by atoms with Crippen molar-refractivity contribution in [3.05, 3.63) is 52.5 Å². The van der Waals surface area contributed by atoms with Crippen molar-refractivity contribution in [2.24, 2.45) is 0 Å². The fraction of sp³-hybridized carbons (Fsp3) is 0.440. The van der Waals surface area contributed by atoms with Crippen molar-refractivity contribution in [2.75, 3.05) is 51.0 Å². The number of amides is 1. The van der Waals surface area contributed by atoms with Crippen LogP contribution >= 0.6 is 0 Å². The number of carbonyl (C=O) groups excluding carboxylic acids is 1. The van der Waals surface area contributed by atoms with Crippen LogP contribution in [0, 0.1) is 6.92 Å². The third-order valence-corrected chi connectivity index (χ3v) is 6.30. The van der Waals surface area contributed by atoms with Crippen molar-refractivity contribution in [1.29, 1.82) is 0 Å². The quantitative estimate of drug-likeness (QED) is 0.726. The number of carbonyl (C=O) groups is 1. The molecule has 168 valence electrons. The van der Waals surface area contributed by atoms with E-state index < -0.39 is 0 Å². The van der Waals surface area contributed by atoms with Crippen LogP contribution in [0.25, 0.3) is 17.8 Å². The van der Waals surface area contributed by atoms with Crippen molar-refractivity contribution >= 4 is 23.9 Å². The lowest BCUT2D eigenvalue weighted by atomic mass is 10.1. The third-order valence-electron chi connectivity index (χ3n) is 6.30. The van der Waals surface area contributed by atoms with Gasteiger partial charge in [-0.3, -0.25) is 4.79 Å². The first-order valence-electron chi connectivity index (χ1n) is 11.5. The summed E-state index contributed by atoms with van der Waals surface area (Å²) in [4.78, 5) is 17.5. The van der Waals surface area contributed by atoms with Crippen LogP contribution in [0.4, 0.5) is 5.82 Å². The summed E-state index contributed by atoms with van der Waals surface area (Å²) in [6, 6.07) is 8.04. The number of rotatable bonds is 3. The van der Waals surface area contributed by atoms with E-state index >= 15 is 0 Å². The van der Waals surface area contributed by atoms with Gasteiger partial charge in [0.25, 0.3) is 0 Å². The van der Waals surface area contributed by atoms with Crippen LogP contribution in [-0.2, 0) is 14.3 Å². The first-order chi connectivity index (χ1) is 15.7. The molecule has 0 saturated carbocycles. The fourth-order valence-corrected chi connectivity index (χ4v) is 4.52. The number of hydrogen-bond acceptors (Lipinski definition) is 5.